The molecule has 0 unspecified atom stereocenters. The number of amides is 1. The summed E-state index contributed by atoms with van der Waals surface area (Å²) in [5.74, 6) is -0.301. The van der Waals surface area contributed by atoms with Crippen molar-refractivity contribution in [1.29, 1.82) is 5.26 Å². The zero-order valence-electron chi connectivity index (χ0n) is 11.3. The second-order valence-electron chi connectivity index (χ2n) is 4.05. The minimum Gasteiger partial charge on any atom is -0.351 e. The Labute approximate surface area is 118 Å². The first-order valence-corrected chi connectivity index (χ1v) is 7.47. The van der Waals surface area contributed by atoms with Gasteiger partial charge in [-0.1, -0.05) is 25.5 Å². The maximum Gasteiger partial charge on any atom is 0.261 e. The van der Waals surface area contributed by atoms with Gasteiger partial charge in [0.25, 0.3) is 5.91 Å². The van der Waals surface area contributed by atoms with Crippen molar-refractivity contribution in [3.63, 3.8) is 0 Å². The summed E-state index contributed by atoms with van der Waals surface area (Å²) in [6, 6.07) is 9.71. The van der Waals surface area contributed by atoms with Crippen LogP contribution in [0, 0.1) is 11.3 Å². The highest BCUT2D eigenvalue weighted by Gasteiger charge is 2.07. The normalized spacial score (nSPS) is 10.9. The van der Waals surface area contributed by atoms with E-state index in [9.17, 15) is 4.79 Å². The van der Waals surface area contributed by atoms with E-state index < -0.39 is 0 Å². The molecule has 19 heavy (non-hydrogen) atoms. The van der Waals surface area contributed by atoms with Crippen molar-refractivity contribution in [3.8, 4) is 6.07 Å². The Morgan fingerprint density at radius 2 is 2.11 bits per heavy atom. The number of nitriles is 1. The number of unbranched alkanes of at least 4 members (excludes halogenated alkanes) is 1. The second kappa shape index (κ2) is 8.39. The topological polar surface area (TPSA) is 52.9 Å². The van der Waals surface area contributed by atoms with E-state index in [1.165, 1.54) is 0 Å². The fourth-order valence-electron chi connectivity index (χ4n) is 1.49. The molecule has 0 saturated heterocycles. The first-order valence-electron chi connectivity index (χ1n) is 6.25. The molecule has 4 heteroatoms. The van der Waals surface area contributed by atoms with E-state index in [0.717, 1.165) is 23.3 Å². The first kappa shape index (κ1) is 15.3. The van der Waals surface area contributed by atoms with Gasteiger partial charge < -0.3 is 5.32 Å². The number of nitrogens with one attached hydrogen (secondary N) is 1. The maximum absolute atomic E-state index is 11.8. The van der Waals surface area contributed by atoms with E-state index in [2.05, 4.69) is 12.2 Å². The molecule has 0 aliphatic rings. The molecule has 1 rings (SSSR count). The molecule has 100 valence electrons. The number of carbonyl (C=O) groups is 1. The summed E-state index contributed by atoms with van der Waals surface area (Å²) in [4.78, 5) is 12.9. The number of rotatable bonds is 6. The lowest BCUT2D eigenvalue weighted by molar-refractivity contribution is -0.117. The van der Waals surface area contributed by atoms with E-state index in [1.807, 2.05) is 36.6 Å². The third-order valence-electron chi connectivity index (χ3n) is 2.61. The summed E-state index contributed by atoms with van der Waals surface area (Å²) in [5, 5.41) is 11.8. The summed E-state index contributed by atoms with van der Waals surface area (Å²) < 4.78 is 0. The largest absolute Gasteiger partial charge is 0.351 e. The van der Waals surface area contributed by atoms with Crippen molar-refractivity contribution in [1.82, 2.24) is 5.32 Å². The van der Waals surface area contributed by atoms with Crippen LogP contribution < -0.4 is 5.32 Å². The smallest absolute Gasteiger partial charge is 0.261 e. The summed E-state index contributed by atoms with van der Waals surface area (Å²) in [6.07, 6.45) is 5.56. The van der Waals surface area contributed by atoms with E-state index in [4.69, 9.17) is 5.26 Å². The van der Waals surface area contributed by atoms with Gasteiger partial charge in [0.1, 0.15) is 11.6 Å². The van der Waals surface area contributed by atoms with Crippen molar-refractivity contribution in [2.24, 2.45) is 0 Å². The van der Waals surface area contributed by atoms with Gasteiger partial charge in [0, 0.05) is 11.4 Å². The summed E-state index contributed by atoms with van der Waals surface area (Å²) >= 11 is 1.66. The zero-order valence-corrected chi connectivity index (χ0v) is 12.1. The molecule has 0 fully saturated rings. The predicted molar refractivity (Wildman–Crippen MR) is 79.7 cm³/mol. The van der Waals surface area contributed by atoms with Crippen molar-refractivity contribution in [2.45, 2.75) is 24.7 Å². The molecule has 1 amide bonds. The molecular weight excluding hydrogens is 256 g/mol. The molecule has 3 nitrogen and oxygen atoms in total. The fraction of sp³-hybridized carbons (Fsp3) is 0.333. The fourth-order valence-corrected chi connectivity index (χ4v) is 1.90. The number of hydrogen-bond donors (Lipinski definition) is 1. The summed E-state index contributed by atoms with van der Waals surface area (Å²) in [5.41, 5.74) is 1.01. The Morgan fingerprint density at radius 3 is 2.63 bits per heavy atom. The quantitative estimate of drug-likeness (QED) is 0.375. The van der Waals surface area contributed by atoms with Gasteiger partial charge in [0.2, 0.25) is 0 Å². The zero-order chi connectivity index (χ0) is 14.1. The SMILES string of the molecule is CCCCNC(=O)C(C#N)=Cc1ccc(SC)cc1. The molecule has 0 aliphatic heterocycles. The third kappa shape index (κ3) is 5.19. The number of carbonyl (C=O) groups excluding carboxylic acids is 1. The van der Waals surface area contributed by atoms with Gasteiger partial charge in [-0.2, -0.15) is 5.26 Å². The van der Waals surface area contributed by atoms with Crippen molar-refractivity contribution >= 4 is 23.7 Å². The molecule has 1 aromatic rings. The van der Waals surface area contributed by atoms with Crippen LogP contribution in [0.4, 0.5) is 0 Å². The van der Waals surface area contributed by atoms with Gasteiger partial charge in [0.15, 0.2) is 0 Å². The van der Waals surface area contributed by atoms with Crippen molar-refractivity contribution in [2.75, 3.05) is 12.8 Å². The van der Waals surface area contributed by atoms with Crippen LogP contribution in [0.15, 0.2) is 34.7 Å². The highest BCUT2D eigenvalue weighted by atomic mass is 32.2. The number of nitrogens with zero attached hydrogens (tertiary/aromatic N) is 1. The number of benzene rings is 1. The Kier molecular flexibility index (Phi) is 6.76. The summed E-state index contributed by atoms with van der Waals surface area (Å²) in [7, 11) is 0. The molecule has 0 radical (unpaired) electrons. The third-order valence-corrected chi connectivity index (χ3v) is 3.35. The number of hydrogen-bond acceptors (Lipinski definition) is 3. The van der Waals surface area contributed by atoms with Crippen LogP contribution in [0.2, 0.25) is 0 Å². The van der Waals surface area contributed by atoms with Crippen LogP contribution >= 0.6 is 11.8 Å². The van der Waals surface area contributed by atoms with Gasteiger partial charge in [-0.3, -0.25) is 4.79 Å². The molecule has 0 bridgehead atoms. The van der Waals surface area contributed by atoms with Gasteiger partial charge in [-0.25, -0.2) is 0 Å². The molecular formula is C15H18N2OS. The van der Waals surface area contributed by atoms with E-state index >= 15 is 0 Å². The maximum atomic E-state index is 11.8. The van der Waals surface area contributed by atoms with Crippen molar-refractivity contribution < 1.29 is 4.79 Å². The lowest BCUT2D eigenvalue weighted by Crippen LogP contribution is -2.25. The lowest BCUT2D eigenvalue weighted by atomic mass is 10.1. The minimum absolute atomic E-state index is 0.146. The Hall–Kier alpha value is -1.73. The Bertz CT molecular complexity index is 486. The molecule has 0 spiro atoms. The van der Waals surface area contributed by atoms with Gasteiger partial charge in [0.05, 0.1) is 0 Å². The lowest BCUT2D eigenvalue weighted by Gasteiger charge is -2.03. The van der Waals surface area contributed by atoms with E-state index in [1.54, 1.807) is 17.8 Å². The Balaban J connectivity index is 2.75. The van der Waals surface area contributed by atoms with Gasteiger partial charge in [-0.05, 0) is 36.4 Å². The molecule has 0 aliphatic carbocycles. The standard InChI is InChI=1S/C15H18N2OS/c1-3-4-9-17-15(18)13(11-16)10-12-5-7-14(19-2)8-6-12/h5-8,10H,3-4,9H2,1-2H3,(H,17,18). The number of thioether (sulfide) groups is 1. The molecule has 0 saturated carbocycles. The summed E-state index contributed by atoms with van der Waals surface area (Å²) in [6.45, 7) is 2.67. The molecule has 0 heterocycles. The van der Waals surface area contributed by atoms with Crippen LogP contribution in [0.3, 0.4) is 0 Å². The van der Waals surface area contributed by atoms with Crippen LogP contribution in [0.25, 0.3) is 6.08 Å². The molecule has 0 atom stereocenters. The van der Waals surface area contributed by atoms with Crippen LogP contribution in [0.5, 0.6) is 0 Å². The van der Waals surface area contributed by atoms with Crippen LogP contribution in [-0.2, 0) is 4.79 Å². The highest BCUT2D eigenvalue weighted by molar-refractivity contribution is 7.98. The van der Waals surface area contributed by atoms with Crippen molar-refractivity contribution in [3.05, 3.63) is 35.4 Å². The minimum atomic E-state index is -0.301. The van der Waals surface area contributed by atoms with Crippen LogP contribution in [0.1, 0.15) is 25.3 Å². The van der Waals surface area contributed by atoms with Crippen LogP contribution in [-0.4, -0.2) is 18.7 Å². The second-order valence-corrected chi connectivity index (χ2v) is 4.93. The average molecular weight is 274 g/mol. The van der Waals surface area contributed by atoms with E-state index in [-0.39, 0.29) is 11.5 Å². The van der Waals surface area contributed by atoms with E-state index in [0.29, 0.717) is 6.54 Å². The highest BCUT2D eigenvalue weighted by Crippen LogP contribution is 2.16. The predicted octanol–water partition coefficient (Wildman–Crippen LogP) is 3.23. The molecule has 1 N–H and O–H groups in total. The van der Waals surface area contributed by atoms with Gasteiger partial charge >= 0.3 is 0 Å². The Morgan fingerprint density at radius 1 is 1.42 bits per heavy atom. The molecule has 1 aromatic carbocycles. The average Bonchev–Trinajstić information content (AvgIpc) is 2.45. The van der Waals surface area contributed by atoms with Gasteiger partial charge in [-0.15, -0.1) is 11.8 Å². The molecule has 0 aromatic heterocycles. The monoisotopic (exact) mass is 274 g/mol. The first-order chi connectivity index (χ1) is 9.21.